The van der Waals surface area contributed by atoms with Crippen molar-refractivity contribution in [3.05, 3.63) is 125 Å². The first-order chi connectivity index (χ1) is 17.5. The summed E-state index contributed by atoms with van der Waals surface area (Å²) in [5.41, 5.74) is 5.56. The summed E-state index contributed by atoms with van der Waals surface area (Å²) in [5.74, 6) is 0.470. The monoisotopic (exact) mass is 471 g/mol. The Kier molecular flexibility index (Phi) is 4.35. The van der Waals surface area contributed by atoms with Gasteiger partial charge in [0.05, 0.1) is 17.0 Å². The second-order valence-electron chi connectivity index (χ2n) is 10.3. The normalized spacial score (nSPS) is 25.4. The van der Waals surface area contributed by atoms with E-state index in [2.05, 4.69) is 24.3 Å². The van der Waals surface area contributed by atoms with Gasteiger partial charge >= 0.3 is 0 Å². The van der Waals surface area contributed by atoms with Crippen molar-refractivity contribution in [2.45, 2.75) is 25.7 Å². The van der Waals surface area contributed by atoms with Gasteiger partial charge in [-0.25, -0.2) is 4.90 Å². The van der Waals surface area contributed by atoms with Crippen molar-refractivity contribution in [3.63, 3.8) is 0 Å². The zero-order valence-corrected chi connectivity index (χ0v) is 20.1. The van der Waals surface area contributed by atoms with E-state index in [1.807, 2.05) is 86.6 Å². The van der Waals surface area contributed by atoms with E-state index < -0.39 is 11.3 Å². The number of imide groups is 1. The highest BCUT2D eigenvalue weighted by Gasteiger charge is 2.68. The van der Waals surface area contributed by atoms with E-state index in [1.54, 1.807) is 0 Å². The Hall–Kier alpha value is -4.18. The van der Waals surface area contributed by atoms with Crippen molar-refractivity contribution < 1.29 is 14.3 Å². The summed E-state index contributed by atoms with van der Waals surface area (Å²) >= 11 is 0. The standard InChI is InChI=1S/C32H25NO3/c1-19-8-7-9-22(18-19)36-21-16-14-20(15-17-21)33-30(34)29-27-23-10-3-5-12-25(23)28(32(29,2)31(33)35)26-13-6-4-11-24(26)27/h3-18,27-29H,1-2H3/t27?,28?,29-,32-/m0/s1. The van der Waals surface area contributed by atoms with Crippen molar-refractivity contribution in [2.24, 2.45) is 11.3 Å². The maximum absolute atomic E-state index is 14.2. The van der Waals surface area contributed by atoms with Crippen LogP contribution in [-0.2, 0) is 9.59 Å². The topological polar surface area (TPSA) is 46.6 Å². The number of rotatable bonds is 3. The fraction of sp³-hybridized carbons (Fsp3) is 0.188. The van der Waals surface area contributed by atoms with E-state index in [-0.39, 0.29) is 23.7 Å². The van der Waals surface area contributed by atoms with Gasteiger partial charge in [0.2, 0.25) is 11.8 Å². The van der Waals surface area contributed by atoms with E-state index in [1.165, 1.54) is 27.2 Å². The van der Waals surface area contributed by atoms with Crippen molar-refractivity contribution >= 4 is 17.5 Å². The molecule has 176 valence electrons. The lowest BCUT2D eigenvalue weighted by Crippen LogP contribution is -2.49. The number of aryl methyl sites for hydroxylation is 1. The number of carbonyl (C=O) groups excluding carboxylic acids is 2. The Balaban J connectivity index is 1.29. The summed E-state index contributed by atoms with van der Waals surface area (Å²) in [6, 6.07) is 31.7. The number of nitrogens with zero attached hydrogens (tertiary/aromatic N) is 1. The van der Waals surface area contributed by atoms with Crippen LogP contribution < -0.4 is 9.64 Å². The summed E-state index contributed by atoms with van der Waals surface area (Å²) in [4.78, 5) is 29.6. The molecule has 4 aromatic rings. The summed E-state index contributed by atoms with van der Waals surface area (Å²) in [6.45, 7) is 4.01. The predicted octanol–water partition coefficient (Wildman–Crippen LogP) is 6.57. The number of amides is 2. The summed E-state index contributed by atoms with van der Waals surface area (Å²) in [7, 11) is 0. The quantitative estimate of drug-likeness (QED) is 0.317. The predicted molar refractivity (Wildman–Crippen MR) is 138 cm³/mol. The Bertz CT molecular complexity index is 1510. The van der Waals surface area contributed by atoms with Gasteiger partial charge in [0.1, 0.15) is 11.5 Å². The van der Waals surface area contributed by atoms with Gasteiger partial charge in [0.25, 0.3) is 0 Å². The Morgan fingerprint density at radius 3 is 1.94 bits per heavy atom. The first kappa shape index (κ1) is 21.1. The average molecular weight is 472 g/mol. The minimum absolute atomic E-state index is 0.117. The van der Waals surface area contributed by atoms with Gasteiger partial charge in [-0.05, 0) is 78.1 Å². The van der Waals surface area contributed by atoms with Crippen molar-refractivity contribution in [1.29, 1.82) is 0 Å². The van der Waals surface area contributed by atoms with Crippen LogP contribution in [0.1, 0.15) is 46.6 Å². The fourth-order valence-corrected chi connectivity index (χ4v) is 6.84. The van der Waals surface area contributed by atoms with Gasteiger partial charge in [0.15, 0.2) is 0 Å². The second-order valence-corrected chi connectivity index (χ2v) is 10.3. The Morgan fingerprint density at radius 1 is 0.722 bits per heavy atom. The first-order valence-electron chi connectivity index (χ1n) is 12.4. The molecule has 3 aliphatic carbocycles. The maximum atomic E-state index is 14.2. The second kappa shape index (κ2) is 7.41. The SMILES string of the molecule is Cc1cccc(Oc2ccc(N3C(=O)[C@@H]4C5c6ccccc6C(c6ccccc65)[C@]4(C)C3=O)cc2)c1. The van der Waals surface area contributed by atoms with Crippen LogP contribution in [0.2, 0.25) is 0 Å². The van der Waals surface area contributed by atoms with Gasteiger partial charge in [0, 0.05) is 11.8 Å². The van der Waals surface area contributed by atoms with Crippen LogP contribution in [0.15, 0.2) is 97.1 Å². The number of hydrogen-bond acceptors (Lipinski definition) is 3. The van der Waals surface area contributed by atoms with Crippen LogP contribution in [0.4, 0.5) is 5.69 Å². The van der Waals surface area contributed by atoms with Crippen LogP contribution in [-0.4, -0.2) is 11.8 Å². The number of anilines is 1. The molecule has 0 spiro atoms. The molecule has 2 bridgehead atoms. The molecule has 4 aliphatic rings. The highest BCUT2D eigenvalue weighted by Crippen LogP contribution is 2.67. The minimum Gasteiger partial charge on any atom is -0.457 e. The van der Waals surface area contributed by atoms with Crippen LogP contribution in [0, 0.1) is 18.3 Å². The molecule has 1 heterocycles. The van der Waals surface area contributed by atoms with Gasteiger partial charge in [-0.1, -0.05) is 60.7 Å². The number of hydrogen-bond donors (Lipinski definition) is 0. The van der Waals surface area contributed by atoms with Gasteiger partial charge in [-0.15, -0.1) is 0 Å². The molecule has 36 heavy (non-hydrogen) atoms. The number of ether oxygens (including phenoxy) is 1. The van der Waals surface area contributed by atoms with Crippen molar-refractivity contribution in [3.8, 4) is 11.5 Å². The molecule has 1 fully saturated rings. The molecule has 1 saturated heterocycles. The molecule has 0 radical (unpaired) electrons. The molecule has 8 rings (SSSR count). The van der Waals surface area contributed by atoms with Gasteiger partial charge < -0.3 is 4.74 Å². The fourth-order valence-electron chi connectivity index (χ4n) is 6.84. The lowest BCUT2D eigenvalue weighted by atomic mass is 9.48. The van der Waals surface area contributed by atoms with E-state index >= 15 is 0 Å². The molecule has 4 nitrogen and oxygen atoms in total. The molecule has 0 saturated carbocycles. The maximum Gasteiger partial charge on any atom is 0.241 e. The smallest absolute Gasteiger partial charge is 0.241 e. The van der Waals surface area contributed by atoms with Gasteiger partial charge in [-0.2, -0.15) is 0 Å². The van der Waals surface area contributed by atoms with Crippen molar-refractivity contribution in [1.82, 2.24) is 0 Å². The molecular formula is C32H25NO3. The molecule has 0 N–H and O–H groups in total. The average Bonchev–Trinajstić information content (AvgIpc) is 3.10. The first-order valence-corrected chi connectivity index (χ1v) is 12.4. The van der Waals surface area contributed by atoms with Gasteiger partial charge in [-0.3, -0.25) is 9.59 Å². The number of carbonyl (C=O) groups is 2. The molecule has 4 heteroatoms. The zero-order chi connectivity index (χ0) is 24.6. The molecule has 0 aromatic heterocycles. The molecule has 2 amide bonds. The van der Waals surface area contributed by atoms with E-state index in [0.717, 1.165) is 11.3 Å². The Labute approximate surface area is 210 Å². The van der Waals surface area contributed by atoms with E-state index in [9.17, 15) is 9.59 Å². The van der Waals surface area contributed by atoms with Crippen LogP contribution in [0.5, 0.6) is 11.5 Å². The Morgan fingerprint density at radius 2 is 1.33 bits per heavy atom. The largest absolute Gasteiger partial charge is 0.457 e. The van der Waals surface area contributed by atoms with Crippen LogP contribution in [0.25, 0.3) is 0 Å². The summed E-state index contributed by atoms with van der Waals surface area (Å²) < 4.78 is 5.99. The van der Waals surface area contributed by atoms with E-state index in [4.69, 9.17) is 4.74 Å². The number of benzene rings is 4. The van der Waals surface area contributed by atoms with Crippen molar-refractivity contribution in [2.75, 3.05) is 4.90 Å². The third-order valence-electron chi connectivity index (χ3n) is 8.33. The third kappa shape index (κ3) is 2.70. The molecular weight excluding hydrogens is 446 g/mol. The highest BCUT2D eigenvalue weighted by atomic mass is 16.5. The van der Waals surface area contributed by atoms with Crippen LogP contribution >= 0.6 is 0 Å². The zero-order valence-electron chi connectivity index (χ0n) is 20.1. The molecule has 2 atom stereocenters. The van der Waals surface area contributed by atoms with Crippen LogP contribution in [0.3, 0.4) is 0 Å². The molecule has 1 aliphatic heterocycles. The summed E-state index contributed by atoms with van der Waals surface area (Å²) in [6.07, 6.45) is 0. The highest BCUT2D eigenvalue weighted by molar-refractivity contribution is 6.25. The molecule has 4 aromatic carbocycles. The lowest BCUT2D eigenvalue weighted by molar-refractivity contribution is -0.128. The summed E-state index contributed by atoms with van der Waals surface area (Å²) in [5, 5.41) is 0. The lowest BCUT2D eigenvalue weighted by Gasteiger charge is -2.51. The van der Waals surface area contributed by atoms with E-state index in [0.29, 0.717) is 11.4 Å². The minimum atomic E-state index is -0.832. The third-order valence-corrected chi connectivity index (χ3v) is 8.33. The molecule has 0 unspecified atom stereocenters.